The number of benzene rings is 1. The average molecular weight is 251 g/mol. The largest absolute Gasteiger partial charge is 0.480 e. The van der Waals surface area contributed by atoms with Crippen LogP contribution in [0.15, 0.2) is 30.3 Å². The standard InChI is InChI=1S/C13H17NO4/c1-8(10-6-4-3-5-7-10)11(13(17)18)14-12(16)9(2)15/h3-9,11,15H,1-2H3,(H,14,16)(H,17,18)/t8?,9-,11-/m0/s1. The number of aliphatic hydroxyl groups is 1. The summed E-state index contributed by atoms with van der Waals surface area (Å²) in [6.45, 7) is 3.01. The summed E-state index contributed by atoms with van der Waals surface area (Å²) in [6, 6.07) is 7.99. The molecule has 0 aliphatic heterocycles. The van der Waals surface area contributed by atoms with Crippen molar-refractivity contribution in [1.82, 2.24) is 5.32 Å². The van der Waals surface area contributed by atoms with E-state index in [4.69, 9.17) is 10.2 Å². The van der Waals surface area contributed by atoms with Gasteiger partial charge in [0.15, 0.2) is 0 Å². The third-order valence-corrected chi connectivity index (χ3v) is 2.77. The normalized spacial score (nSPS) is 15.5. The average Bonchev–Trinajstić information content (AvgIpc) is 2.35. The van der Waals surface area contributed by atoms with E-state index < -0.39 is 24.0 Å². The molecule has 0 saturated heterocycles. The number of carboxylic acids is 1. The Balaban J connectivity index is 2.86. The number of aliphatic hydroxyl groups excluding tert-OH is 1. The smallest absolute Gasteiger partial charge is 0.326 e. The maximum atomic E-state index is 11.4. The van der Waals surface area contributed by atoms with Gasteiger partial charge in [-0.1, -0.05) is 37.3 Å². The summed E-state index contributed by atoms with van der Waals surface area (Å²) in [6.07, 6.45) is -1.23. The van der Waals surface area contributed by atoms with Crippen molar-refractivity contribution in [3.8, 4) is 0 Å². The number of nitrogens with one attached hydrogen (secondary N) is 1. The lowest BCUT2D eigenvalue weighted by Gasteiger charge is -2.22. The molecule has 0 aliphatic carbocycles. The zero-order valence-electron chi connectivity index (χ0n) is 10.3. The minimum Gasteiger partial charge on any atom is -0.480 e. The molecule has 1 aromatic rings. The summed E-state index contributed by atoms with van der Waals surface area (Å²) >= 11 is 0. The zero-order valence-corrected chi connectivity index (χ0v) is 10.3. The van der Waals surface area contributed by atoms with Crippen LogP contribution in [0.4, 0.5) is 0 Å². The molecule has 1 rings (SSSR count). The highest BCUT2D eigenvalue weighted by molar-refractivity contribution is 5.86. The van der Waals surface area contributed by atoms with Crippen LogP contribution in [-0.2, 0) is 9.59 Å². The lowest BCUT2D eigenvalue weighted by Crippen LogP contribution is -2.47. The van der Waals surface area contributed by atoms with Gasteiger partial charge in [-0.3, -0.25) is 4.79 Å². The van der Waals surface area contributed by atoms with E-state index in [-0.39, 0.29) is 5.92 Å². The fourth-order valence-corrected chi connectivity index (χ4v) is 1.62. The number of amides is 1. The fourth-order valence-electron chi connectivity index (χ4n) is 1.62. The van der Waals surface area contributed by atoms with Crippen LogP contribution in [-0.4, -0.2) is 34.2 Å². The molecule has 3 atom stereocenters. The van der Waals surface area contributed by atoms with E-state index in [0.717, 1.165) is 5.56 Å². The summed E-state index contributed by atoms with van der Waals surface area (Å²) in [5.74, 6) is -2.20. The van der Waals surface area contributed by atoms with Crippen molar-refractivity contribution in [1.29, 1.82) is 0 Å². The number of aliphatic carboxylic acids is 1. The molecule has 3 N–H and O–H groups in total. The highest BCUT2D eigenvalue weighted by Crippen LogP contribution is 2.19. The van der Waals surface area contributed by atoms with Crippen LogP contribution in [0.5, 0.6) is 0 Å². The van der Waals surface area contributed by atoms with Gasteiger partial charge in [0.2, 0.25) is 5.91 Å². The van der Waals surface area contributed by atoms with Crippen molar-refractivity contribution >= 4 is 11.9 Å². The Morgan fingerprint density at radius 2 is 1.72 bits per heavy atom. The van der Waals surface area contributed by atoms with Gasteiger partial charge < -0.3 is 15.5 Å². The number of carbonyl (C=O) groups excluding carboxylic acids is 1. The molecule has 1 aromatic carbocycles. The number of rotatable bonds is 5. The van der Waals surface area contributed by atoms with E-state index in [2.05, 4.69) is 5.32 Å². The molecule has 98 valence electrons. The minimum absolute atomic E-state index is 0.383. The first kappa shape index (κ1) is 14.2. The first-order valence-electron chi connectivity index (χ1n) is 5.69. The van der Waals surface area contributed by atoms with E-state index in [0.29, 0.717) is 0 Å². The van der Waals surface area contributed by atoms with Crippen LogP contribution in [0.3, 0.4) is 0 Å². The van der Waals surface area contributed by atoms with Crippen molar-refractivity contribution in [3.63, 3.8) is 0 Å². The maximum Gasteiger partial charge on any atom is 0.326 e. The summed E-state index contributed by atoms with van der Waals surface area (Å²) in [4.78, 5) is 22.5. The molecule has 0 spiro atoms. The van der Waals surface area contributed by atoms with Crippen molar-refractivity contribution in [2.24, 2.45) is 0 Å². The second-order valence-corrected chi connectivity index (χ2v) is 4.20. The van der Waals surface area contributed by atoms with Crippen LogP contribution in [0.1, 0.15) is 25.3 Å². The molecule has 0 bridgehead atoms. The molecule has 0 radical (unpaired) electrons. The number of carbonyl (C=O) groups is 2. The Bertz CT molecular complexity index is 416. The van der Waals surface area contributed by atoms with Crippen LogP contribution in [0.25, 0.3) is 0 Å². The number of hydrogen-bond donors (Lipinski definition) is 3. The molecular weight excluding hydrogens is 234 g/mol. The summed E-state index contributed by atoms with van der Waals surface area (Å²) < 4.78 is 0. The van der Waals surface area contributed by atoms with Gasteiger partial charge in [0.05, 0.1) is 0 Å². The Hall–Kier alpha value is -1.88. The first-order valence-corrected chi connectivity index (χ1v) is 5.69. The third kappa shape index (κ3) is 3.56. The van der Waals surface area contributed by atoms with Gasteiger partial charge in [-0.15, -0.1) is 0 Å². The van der Waals surface area contributed by atoms with Crippen LogP contribution in [0, 0.1) is 0 Å². The fraction of sp³-hybridized carbons (Fsp3) is 0.385. The molecule has 0 aromatic heterocycles. The van der Waals surface area contributed by atoms with Crippen molar-refractivity contribution < 1.29 is 19.8 Å². The molecule has 0 heterocycles. The Morgan fingerprint density at radius 1 is 1.17 bits per heavy atom. The monoisotopic (exact) mass is 251 g/mol. The highest BCUT2D eigenvalue weighted by Gasteiger charge is 2.28. The maximum absolute atomic E-state index is 11.4. The molecule has 5 nitrogen and oxygen atoms in total. The lowest BCUT2D eigenvalue weighted by molar-refractivity contribution is -0.143. The molecule has 1 unspecified atom stereocenters. The van der Waals surface area contributed by atoms with Gasteiger partial charge in [0.25, 0.3) is 0 Å². The molecule has 0 saturated carbocycles. The van der Waals surface area contributed by atoms with Gasteiger partial charge >= 0.3 is 5.97 Å². The predicted octanol–water partition coefficient (Wildman–Crippen LogP) is 0.740. The molecule has 5 heteroatoms. The number of carboxylic acid groups (broad SMARTS) is 1. The van der Waals surface area contributed by atoms with E-state index >= 15 is 0 Å². The Labute approximate surface area is 105 Å². The first-order chi connectivity index (χ1) is 8.43. The Kier molecular flexibility index (Phi) is 4.85. The van der Waals surface area contributed by atoms with Gasteiger partial charge in [0.1, 0.15) is 12.1 Å². The topological polar surface area (TPSA) is 86.6 Å². The second kappa shape index (κ2) is 6.16. The van der Waals surface area contributed by atoms with Crippen LogP contribution >= 0.6 is 0 Å². The third-order valence-electron chi connectivity index (χ3n) is 2.77. The molecule has 0 fully saturated rings. The second-order valence-electron chi connectivity index (χ2n) is 4.20. The summed E-state index contributed by atoms with van der Waals surface area (Å²) in [7, 11) is 0. The summed E-state index contributed by atoms with van der Waals surface area (Å²) in [5.41, 5.74) is 0.816. The van der Waals surface area contributed by atoms with Gasteiger partial charge in [-0.05, 0) is 12.5 Å². The molecule has 0 aliphatic rings. The van der Waals surface area contributed by atoms with Crippen molar-refractivity contribution in [3.05, 3.63) is 35.9 Å². The molecular formula is C13H17NO4. The highest BCUT2D eigenvalue weighted by atomic mass is 16.4. The van der Waals surface area contributed by atoms with Crippen LogP contribution < -0.4 is 5.32 Å². The van der Waals surface area contributed by atoms with Gasteiger partial charge in [-0.25, -0.2) is 4.79 Å². The summed E-state index contributed by atoms with van der Waals surface area (Å²) in [5, 5.41) is 20.6. The van der Waals surface area contributed by atoms with E-state index in [1.807, 2.05) is 6.07 Å². The van der Waals surface area contributed by atoms with Crippen LogP contribution in [0.2, 0.25) is 0 Å². The van der Waals surface area contributed by atoms with E-state index in [1.54, 1.807) is 31.2 Å². The minimum atomic E-state index is -1.23. The van der Waals surface area contributed by atoms with Crippen molar-refractivity contribution in [2.75, 3.05) is 0 Å². The molecule has 18 heavy (non-hydrogen) atoms. The predicted molar refractivity (Wildman–Crippen MR) is 66.1 cm³/mol. The van der Waals surface area contributed by atoms with Gasteiger partial charge in [-0.2, -0.15) is 0 Å². The quantitative estimate of drug-likeness (QED) is 0.720. The lowest BCUT2D eigenvalue weighted by atomic mass is 9.93. The van der Waals surface area contributed by atoms with E-state index in [9.17, 15) is 9.59 Å². The number of hydrogen-bond acceptors (Lipinski definition) is 3. The zero-order chi connectivity index (χ0) is 13.7. The van der Waals surface area contributed by atoms with Gasteiger partial charge in [0, 0.05) is 5.92 Å². The van der Waals surface area contributed by atoms with Crippen molar-refractivity contribution in [2.45, 2.75) is 31.9 Å². The molecule has 1 amide bonds. The van der Waals surface area contributed by atoms with E-state index in [1.165, 1.54) is 6.92 Å². The SMILES string of the molecule is CC(c1ccccc1)[C@H](NC(=O)[C@H](C)O)C(=O)O. The Morgan fingerprint density at radius 3 is 2.17 bits per heavy atom.